The van der Waals surface area contributed by atoms with Gasteiger partial charge in [0.15, 0.2) is 11.0 Å². The number of nitrogens with one attached hydrogen (secondary N) is 1. The third-order valence-electron chi connectivity index (χ3n) is 3.38. The summed E-state index contributed by atoms with van der Waals surface area (Å²) in [5, 5.41) is 13.7. The Bertz CT molecular complexity index is 681. The van der Waals surface area contributed by atoms with Crippen LogP contribution in [0, 0.1) is 0 Å². The summed E-state index contributed by atoms with van der Waals surface area (Å²) >= 11 is 1.07. The molecule has 1 aliphatic rings. The number of nitrogens with zero attached hydrogens (tertiary/aromatic N) is 5. The smallest absolute Gasteiger partial charge is 0.260 e. The van der Waals surface area contributed by atoms with Gasteiger partial charge in [0.2, 0.25) is 5.91 Å². The van der Waals surface area contributed by atoms with Crippen molar-refractivity contribution in [2.24, 2.45) is 5.73 Å². The van der Waals surface area contributed by atoms with Gasteiger partial charge < -0.3 is 10.5 Å². The van der Waals surface area contributed by atoms with Crippen LogP contribution in [-0.4, -0.2) is 56.7 Å². The Balaban J connectivity index is 1.79. The van der Waals surface area contributed by atoms with Crippen molar-refractivity contribution in [3.8, 4) is 0 Å². The van der Waals surface area contributed by atoms with E-state index in [0.717, 1.165) is 24.2 Å². The molecule has 3 heterocycles. The van der Waals surface area contributed by atoms with Crippen LogP contribution < -0.4 is 10.6 Å². The first-order chi connectivity index (χ1) is 11.1. The maximum absolute atomic E-state index is 12.6. The summed E-state index contributed by atoms with van der Waals surface area (Å²) in [7, 11) is 0. The van der Waals surface area contributed by atoms with E-state index in [2.05, 4.69) is 25.6 Å². The molecule has 3 N–H and O–H groups in total. The summed E-state index contributed by atoms with van der Waals surface area (Å²) in [5.41, 5.74) is 5.25. The van der Waals surface area contributed by atoms with Crippen molar-refractivity contribution < 1.29 is 14.3 Å². The highest BCUT2D eigenvalue weighted by molar-refractivity contribution is 7.17. The molecule has 10 nitrogen and oxygen atoms in total. The van der Waals surface area contributed by atoms with Crippen LogP contribution in [0.2, 0.25) is 0 Å². The normalized spacial score (nSPS) is 17.3. The zero-order valence-corrected chi connectivity index (χ0v) is 13.0. The van der Waals surface area contributed by atoms with Crippen LogP contribution in [0.3, 0.4) is 0 Å². The number of H-pyrrole nitrogens is 1. The Morgan fingerprint density at radius 2 is 2.39 bits per heavy atom. The molecule has 2 aromatic rings. The molecule has 3 rings (SSSR count). The molecule has 0 aromatic carbocycles. The number of amides is 2. The zero-order valence-electron chi connectivity index (χ0n) is 12.1. The molecule has 0 aliphatic carbocycles. The third-order valence-corrected chi connectivity index (χ3v) is 4.41. The predicted molar refractivity (Wildman–Crippen MR) is 79.8 cm³/mol. The molecule has 1 aliphatic heterocycles. The summed E-state index contributed by atoms with van der Waals surface area (Å²) in [6.07, 6.45) is 3.13. The summed E-state index contributed by atoms with van der Waals surface area (Å²) < 4.78 is 5.59. The van der Waals surface area contributed by atoms with E-state index in [0.29, 0.717) is 29.0 Å². The number of rotatable bonds is 6. The summed E-state index contributed by atoms with van der Waals surface area (Å²) in [6, 6.07) is 0. The molecule has 11 heteroatoms. The molecule has 122 valence electrons. The third kappa shape index (κ3) is 3.68. The number of thiazole rings is 1. The van der Waals surface area contributed by atoms with E-state index in [-0.39, 0.29) is 18.4 Å². The fraction of sp³-hybridized carbons (Fsp3) is 0.500. The molecule has 2 amide bonds. The van der Waals surface area contributed by atoms with Gasteiger partial charge in [-0.15, -0.1) is 10.2 Å². The molecule has 1 atom stereocenters. The highest BCUT2D eigenvalue weighted by Gasteiger charge is 2.27. The van der Waals surface area contributed by atoms with Crippen LogP contribution in [0.4, 0.5) is 5.13 Å². The minimum Gasteiger partial charge on any atom is -0.376 e. The van der Waals surface area contributed by atoms with Gasteiger partial charge in [-0.05, 0) is 12.8 Å². The average Bonchev–Trinajstić information content (AvgIpc) is 3.26. The van der Waals surface area contributed by atoms with Crippen LogP contribution in [0.5, 0.6) is 0 Å². The largest absolute Gasteiger partial charge is 0.376 e. The number of anilines is 1. The summed E-state index contributed by atoms with van der Waals surface area (Å²) in [6.45, 7) is 1.05. The fourth-order valence-electron chi connectivity index (χ4n) is 2.27. The van der Waals surface area contributed by atoms with E-state index in [1.54, 1.807) is 0 Å². The van der Waals surface area contributed by atoms with Crippen molar-refractivity contribution in [2.45, 2.75) is 25.4 Å². The molecule has 0 radical (unpaired) electrons. The Morgan fingerprint density at radius 1 is 1.52 bits per heavy atom. The maximum Gasteiger partial charge on any atom is 0.260 e. The Morgan fingerprint density at radius 3 is 3.00 bits per heavy atom. The van der Waals surface area contributed by atoms with Gasteiger partial charge >= 0.3 is 0 Å². The molecular weight excluding hydrogens is 322 g/mol. The van der Waals surface area contributed by atoms with Gasteiger partial charge in [0, 0.05) is 6.61 Å². The Labute approximate surface area is 135 Å². The number of aromatic amines is 1. The lowest BCUT2D eigenvalue weighted by atomic mass is 10.2. The second-order valence-electron chi connectivity index (χ2n) is 5.02. The van der Waals surface area contributed by atoms with Gasteiger partial charge in [-0.1, -0.05) is 16.6 Å². The van der Waals surface area contributed by atoms with Gasteiger partial charge in [-0.2, -0.15) is 5.21 Å². The van der Waals surface area contributed by atoms with E-state index in [1.165, 1.54) is 11.1 Å². The predicted octanol–water partition coefficient (Wildman–Crippen LogP) is -0.490. The summed E-state index contributed by atoms with van der Waals surface area (Å²) in [4.78, 5) is 29.7. The standard InChI is InChI=1S/C12H15N7O3S/c13-11(21)8-5-14-12(23-8)19(6-7-2-1-3-22-7)10(20)4-9-15-17-18-16-9/h5,7H,1-4,6H2,(H2,13,21)(H,15,16,17,18). The van der Waals surface area contributed by atoms with Gasteiger partial charge in [-0.3, -0.25) is 14.5 Å². The quantitative estimate of drug-likeness (QED) is 0.724. The lowest BCUT2D eigenvalue weighted by Crippen LogP contribution is -2.38. The van der Waals surface area contributed by atoms with Crippen molar-refractivity contribution in [3.05, 3.63) is 16.9 Å². The topological polar surface area (TPSA) is 140 Å². The summed E-state index contributed by atoms with van der Waals surface area (Å²) in [5.74, 6) is -0.525. The first-order valence-corrected chi connectivity index (χ1v) is 7.85. The lowest BCUT2D eigenvalue weighted by Gasteiger charge is -2.22. The number of tetrazole rings is 1. The van der Waals surface area contributed by atoms with E-state index in [4.69, 9.17) is 10.5 Å². The molecule has 0 spiro atoms. The molecular formula is C12H15N7O3S. The van der Waals surface area contributed by atoms with Crippen molar-refractivity contribution >= 4 is 28.3 Å². The van der Waals surface area contributed by atoms with Crippen LogP contribution in [-0.2, 0) is 16.0 Å². The average molecular weight is 337 g/mol. The Hall–Kier alpha value is -2.40. The number of aromatic nitrogens is 5. The van der Waals surface area contributed by atoms with Gasteiger partial charge in [-0.25, -0.2) is 4.98 Å². The van der Waals surface area contributed by atoms with Crippen LogP contribution in [0.15, 0.2) is 6.20 Å². The minimum atomic E-state index is -0.573. The van der Waals surface area contributed by atoms with Gasteiger partial charge in [0.1, 0.15) is 4.88 Å². The number of nitrogens with two attached hydrogens (primary N) is 1. The number of hydrogen-bond donors (Lipinski definition) is 2. The van der Waals surface area contributed by atoms with Crippen molar-refractivity contribution in [3.63, 3.8) is 0 Å². The van der Waals surface area contributed by atoms with Crippen LogP contribution in [0.1, 0.15) is 28.3 Å². The molecule has 1 saturated heterocycles. The van der Waals surface area contributed by atoms with Crippen molar-refractivity contribution in [1.82, 2.24) is 25.6 Å². The van der Waals surface area contributed by atoms with E-state index in [1.807, 2.05) is 0 Å². The van der Waals surface area contributed by atoms with Gasteiger partial charge in [0.25, 0.3) is 5.91 Å². The maximum atomic E-state index is 12.6. The zero-order chi connectivity index (χ0) is 16.2. The SMILES string of the molecule is NC(=O)c1cnc(N(CC2CCCO2)C(=O)Cc2nn[nH]n2)s1. The van der Waals surface area contributed by atoms with Crippen molar-refractivity contribution in [2.75, 3.05) is 18.1 Å². The van der Waals surface area contributed by atoms with E-state index < -0.39 is 5.91 Å². The number of primary amides is 1. The Kier molecular flexibility index (Phi) is 4.57. The molecule has 1 unspecified atom stereocenters. The first kappa shape index (κ1) is 15.5. The number of carbonyl (C=O) groups is 2. The number of ether oxygens (including phenoxy) is 1. The fourth-order valence-corrected chi connectivity index (χ4v) is 3.06. The van der Waals surface area contributed by atoms with Crippen LogP contribution in [0.25, 0.3) is 0 Å². The first-order valence-electron chi connectivity index (χ1n) is 7.03. The number of hydrogen-bond acceptors (Lipinski definition) is 8. The lowest BCUT2D eigenvalue weighted by molar-refractivity contribution is -0.118. The van der Waals surface area contributed by atoms with Crippen molar-refractivity contribution in [1.29, 1.82) is 0 Å². The molecule has 23 heavy (non-hydrogen) atoms. The number of carbonyl (C=O) groups excluding carboxylic acids is 2. The monoisotopic (exact) mass is 337 g/mol. The second kappa shape index (κ2) is 6.79. The molecule has 0 bridgehead atoms. The highest BCUT2D eigenvalue weighted by atomic mass is 32.1. The van der Waals surface area contributed by atoms with E-state index in [9.17, 15) is 9.59 Å². The molecule has 2 aromatic heterocycles. The minimum absolute atomic E-state index is 0.0191. The van der Waals surface area contributed by atoms with E-state index >= 15 is 0 Å². The second-order valence-corrected chi connectivity index (χ2v) is 6.02. The highest BCUT2D eigenvalue weighted by Crippen LogP contribution is 2.25. The molecule has 0 saturated carbocycles. The molecule has 1 fully saturated rings. The van der Waals surface area contributed by atoms with Crippen LogP contribution >= 0.6 is 11.3 Å². The van der Waals surface area contributed by atoms with Gasteiger partial charge in [0.05, 0.1) is 25.3 Å².